The van der Waals surface area contributed by atoms with Crippen molar-refractivity contribution in [2.45, 2.75) is 19.9 Å². The second-order valence-electron chi connectivity index (χ2n) is 2.76. The Morgan fingerprint density at radius 1 is 1.69 bits per heavy atom. The minimum absolute atomic E-state index is 0.0975. The van der Waals surface area contributed by atoms with Crippen molar-refractivity contribution in [3.05, 3.63) is 11.3 Å². The molecule has 3 N–H and O–H groups in total. The summed E-state index contributed by atoms with van der Waals surface area (Å²) in [7, 11) is 0. The number of rotatable bonds is 3. The number of nitrogens with two attached hydrogens (primary N) is 1. The van der Waals surface area contributed by atoms with E-state index in [0.29, 0.717) is 30.0 Å². The Hall–Kier alpha value is -1.54. The van der Waals surface area contributed by atoms with Crippen molar-refractivity contribution < 1.29 is 5.11 Å². The number of aromatic nitrogens is 2. The van der Waals surface area contributed by atoms with Crippen LogP contribution in [-0.4, -0.2) is 21.5 Å². The summed E-state index contributed by atoms with van der Waals surface area (Å²) < 4.78 is 1.55. The topological polar surface area (TPSA) is 87.9 Å². The van der Waals surface area contributed by atoms with Crippen LogP contribution in [0.15, 0.2) is 0 Å². The Bertz CT molecular complexity index is 337. The molecule has 0 fully saturated rings. The molecule has 5 nitrogen and oxygen atoms in total. The predicted octanol–water partition coefficient (Wildman–Crippen LogP) is 0.0278. The van der Waals surface area contributed by atoms with Crippen LogP contribution in [0.5, 0.6) is 0 Å². The molecule has 1 heterocycles. The maximum atomic E-state index is 8.71. The lowest BCUT2D eigenvalue weighted by atomic mass is 10.3. The number of nitrogens with zero attached hydrogens (tertiary/aromatic N) is 3. The molecule has 0 saturated heterocycles. The van der Waals surface area contributed by atoms with Crippen molar-refractivity contribution in [1.29, 1.82) is 5.26 Å². The Morgan fingerprint density at radius 2 is 2.38 bits per heavy atom. The number of aliphatic hydroxyl groups is 1. The summed E-state index contributed by atoms with van der Waals surface area (Å²) in [6.45, 7) is 2.38. The van der Waals surface area contributed by atoms with Crippen molar-refractivity contribution in [2.24, 2.45) is 0 Å². The van der Waals surface area contributed by atoms with E-state index in [4.69, 9.17) is 16.1 Å². The summed E-state index contributed by atoms with van der Waals surface area (Å²) in [5, 5.41) is 21.4. The molecular formula is C8H12N4O. The highest BCUT2D eigenvalue weighted by Crippen LogP contribution is 2.14. The smallest absolute Gasteiger partial charge is 0.140 e. The largest absolute Gasteiger partial charge is 0.396 e. The van der Waals surface area contributed by atoms with E-state index < -0.39 is 0 Å². The van der Waals surface area contributed by atoms with Gasteiger partial charge >= 0.3 is 0 Å². The van der Waals surface area contributed by atoms with Crippen LogP contribution in [0.1, 0.15) is 17.7 Å². The van der Waals surface area contributed by atoms with Crippen molar-refractivity contribution in [2.75, 3.05) is 12.3 Å². The third-order valence-corrected chi connectivity index (χ3v) is 1.81. The summed E-state index contributed by atoms with van der Waals surface area (Å²) in [6.07, 6.45) is 0.593. The molecule has 70 valence electrons. The molecule has 0 aliphatic rings. The van der Waals surface area contributed by atoms with Crippen LogP contribution >= 0.6 is 0 Å². The quantitative estimate of drug-likeness (QED) is 0.686. The van der Waals surface area contributed by atoms with Gasteiger partial charge in [-0.25, -0.2) is 4.68 Å². The minimum atomic E-state index is 0.0975. The fraction of sp³-hybridized carbons (Fsp3) is 0.500. The lowest BCUT2D eigenvalue weighted by Crippen LogP contribution is -2.06. The average Bonchev–Trinajstić information content (AvgIpc) is 2.38. The molecular weight excluding hydrogens is 168 g/mol. The van der Waals surface area contributed by atoms with Crippen molar-refractivity contribution in [1.82, 2.24) is 9.78 Å². The number of anilines is 1. The zero-order valence-corrected chi connectivity index (χ0v) is 7.49. The van der Waals surface area contributed by atoms with Gasteiger partial charge in [0.05, 0.1) is 5.69 Å². The van der Waals surface area contributed by atoms with Crippen molar-refractivity contribution >= 4 is 5.82 Å². The maximum Gasteiger partial charge on any atom is 0.140 e. The van der Waals surface area contributed by atoms with E-state index in [1.165, 1.54) is 0 Å². The number of nitrogen functional groups attached to an aromatic ring is 1. The predicted molar refractivity (Wildman–Crippen MR) is 47.8 cm³/mol. The summed E-state index contributed by atoms with van der Waals surface area (Å²) in [5.41, 5.74) is 6.72. The van der Waals surface area contributed by atoms with Gasteiger partial charge in [0.1, 0.15) is 17.5 Å². The Labute approximate surface area is 76.4 Å². The first-order chi connectivity index (χ1) is 6.20. The summed E-state index contributed by atoms with van der Waals surface area (Å²) in [5.74, 6) is 0.383. The van der Waals surface area contributed by atoms with Gasteiger partial charge in [-0.05, 0) is 13.3 Å². The first-order valence-corrected chi connectivity index (χ1v) is 4.04. The van der Waals surface area contributed by atoms with Crippen LogP contribution in [0.25, 0.3) is 0 Å². The molecule has 0 spiro atoms. The molecule has 0 unspecified atom stereocenters. The number of aryl methyl sites for hydroxylation is 2. The molecule has 1 aromatic heterocycles. The third-order valence-electron chi connectivity index (χ3n) is 1.81. The van der Waals surface area contributed by atoms with Crippen LogP contribution in [-0.2, 0) is 6.54 Å². The third kappa shape index (κ3) is 1.79. The molecule has 0 aromatic carbocycles. The van der Waals surface area contributed by atoms with Crippen LogP contribution < -0.4 is 5.73 Å². The first-order valence-electron chi connectivity index (χ1n) is 4.04. The molecule has 0 aliphatic heterocycles. The van der Waals surface area contributed by atoms with Gasteiger partial charge < -0.3 is 10.8 Å². The van der Waals surface area contributed by atoms with Crippen LogP contribution in [0.4, 0.5) is 5.82 Å². The van der Waals surface area contributed by atoms with E-state index >= 15 is 0 Å². The molecule has 1 aromatic rings. The summed E-state index contributed by atoms with van der Waals surface area (Å²) in [6, 6.07) is 1.99. The molecule has 13 heavy (non-hydrogen) atoms. The second kappa shape index (κ2) is 3.92. The SMILES string of the molecule is Cc1nn(CCCO)c(N)c1C#N. The zero-order valence-electron chi connectivity index (χ0n) is 7.49. The van der Waals surface area contributed by atoms with Gasteiger partial charge in [-0.15, -0.1) is 0 Å². The van der Waals surface area contributed by atoms with Crippen LogP contribution in [0.2, 0.25) is 0 Å². The van der Waals surface area contributed by atoms with Crippen LogP contribution in [0.3, 0.4) is 0 Å². The number of hydrogen-bond donors (Lipinski definition) is 2. The Balaban J connectivity index is 2.92. The minimum Gasteiger partial charge on any atom is -0.396 e. The van der Waals surface area contributed by atoms with Gasteiger partial charge in [0.15, 0.2) is 0 Å². The van der Waals surface area contributed by atoms with Crippen molar-refractivity contribution in [3.63, 3.8) is 0 Å². The lowest BCUT2D eigenvalue weighted by Gasteiger charge is -2.00. The summed E-state index contributed by atoms with van der Waals surface area (Å²) in [4.78, 5) is 0. The molecule has 0 saturated carbocycles. The maximum absolute atomic E-state index is 8.71. The van der Waals surface area contributed by atoms with Gasteiger partial charge in [-0.1, -0.05) is 0 Å². The van der Waals surface area contributed by atoms with Crippen LogP contribution in [0, 0.1) is 18.3 Å². The standard InChI is InChI=1S/C8H12N4O/c1-6-7(5-9)8(10)12(11-6)3-2-4-13/h13H,2-4,10H2,1H3. The lowest BCUT2D eigenvalue weighted by molar-refractivity contribution is 0.277. The van der Waals surface area contributed by atoms with E-state index in [9.17, 15) is 0 Å². The van der Waals surface area contributed by atoms with Gasteiger partial charge in [-0.2, -0.15) is 10.4 Å². The van der Waals surface area contributed by atoms with E-state index in [-0.39, 0.29) is 6.61 Å². The fourth-order valence-corrected chi connectivity index (χ4v) is 1.13. The van der Waals surface area contributed by atoms with E-state index in [0.717, 1.165) is 0 Å². The van der Waals surface area contributed by atoms with Gasteiger partial charge in [0.25, 0.3) is 0 Å². The normalized spacial score (nSPS) is 9.92. The molecule has 0 radical (unpaired) electrons. The molecule has 0 aliphatic carbocycles. The Morgan fingerprint density at radius 3 is 2.85 bits per heavy atom. The van der Waals surface area contributed by atoms with E-state index in [1.807, 2.05) is 6.07 Å². The number of nitriles is 1. The van der Waals surface area contributed by atoms with Crippen molar-refractivity contribution in [3.8, 4) is 6.07 Å². The Kier molecular flexibility index (Phi) is 2.88. The fourth-order valence-electron chi connectivity index (χ4n) is 1.13. The highest BCUT2D eigenvalue weighted by Gasteiger charge is 2.10. The van der Waals surface area contributed by atoms with E-state index in [2.05, 4.69) is 5.10 Å². The zero-order chi connectivity index (χ0) is 9.84. The van der Waals surface area contributed by atoms with Gasteiger partial charge in [0, 0.05) is 13.2 Å². The number of hydrogen-bond acceptors (Lipinski definition) is 4. The monoisotopic (exact) mass is 180 g/mol. The van der Waals surface area contributed by atoms with Gasteiger partial charge in [0.2, 0.25) is 0 Å². The molecule has 0 bridgehead atoms. The van der Waals surface area contributed by atoms with Gasteiger partial charge in [-0.3, -0.25) is 0 Å². The van der Waals surface area contributed by atoms with E-state index in [1.54, 1.807) is 11.6 Å². The highest BCUT2D eigenvalue weighted by atomic mass is 16.3. The summed E-state index contributed by atoms with van der Waals surface area (Å²) >= 11 is 0. The molecule has 5 heteroatoms. The second-order valence-corrected chi connectivity index (χ2v) is 2.76. The highest BCUT2D eigenvalue weighted by molar-refractivity contribution is 5.51. The molecule has 0 amide bonds. The molecule has 0 atom stereocenters. The average molecular weight is 180 g/mol. The first kappa shape index (κ1) is 9.55. The number of aliphatic hydroxyl groups excluding tert-OH is 1. The molecule has 1 rings (SSSR count).